The zero-order chi connectivity index (χ0) is 15.6. The summed E-state index contributed by atoms with van der Waals surface area (Å²) in [5.41, 5.74) is 0. The molecule has 0 saturated carbocycles. The molecule has 2 aromatic heterocycles. The number of hydrogen-bond acceptors (Lipinski definition) is 4. The Morgan fingerprint density at radius 3 is 2.57 bits per heavy atom. The van der Waals surface area contributed by atoms with Crippen molar-refractivity contribution >= 4 is 10.0 Å². The molecule has 0 unspecified atom stereocenters. The predicted octanol–water partition coefficient (Wildman–Crippen LogP) is 2.47. The molecule has 0 saturated heterocycles. The number of nitrogens with zero attached hydrogens (tertiary/aromatic N) is 2. The maximum atomic E-state index is 12.7. The van der Waals surface area contributed by atoms with Crippen LogP contribution in [0.2, 0.25) is 0 Å². The molecular weight excluding hydrogens is 290 g/mol. The third-order valence-corrected chi connectivity index (χ3v) is 5.14. The lowest BCUT2D eigenvalue weighted by atomic mass is 10.3. The second kappa shape index (κ2) is 6.03. The number of aryl methyl sites for hydroxylation is 2. The van der Waals surface area contributed by atoms with E-state index in [1.807, 2.05) is 33.8 Å². The first kappa shape index (κ1) is 15.8. The summed E-state index contributed by atoms with van der Waals surface area (Å²) in [5, 5.41) is 0.122. The fraction of sp³-hybridized carbons (Fsp3) is 0.500. The minimum atomic E-state index is -3.62. The van der Waals surface area contributed by atoms with Crippen molar-refractivity contribution in [1.29, 1.82) is 0 Å². The summed E-state index contributed by atoms with van der Waals surface area (Å²) in [6.45, 7) is 7.63. The van der Waals surface area contributed by atoms with Crippen molar-refractivity contribution in [3.05, 3.63) is 35.7 Å². The van der Waals surface area contributed by atoms with E-state index < -0.39 is 10.0 Å². The average Bonchev–Trinajstić information content (AvgIpc) is 3.04. The standard InChI is InChI=1S/C14H21N3O3S/c1-5-13-15-8-14(16-13)21(18,19)17(10(2)3)9-12-7-6-11(4)20-12/h6-8,10H,5,9H2,1-4H3,(H,15,16). The molecule has 0 fully saturated rings. The smallest absolute Gasteiger partial charge is 0.260 e. The quantitative estimate of drug-likeness (QED) is 0.889. The van der Waals surface area contributed by atoms with E-state index in [4.69, 9.17) is 4.42 Å². The number of hydrogen-bond donors (Lipinski definition) is 1. The highest BCUT2D eigenvalue weighted by molar-refractivity contribution is 7.89. The van der Waals surface area contributed by atoms with Gasteiger partial charge in [0.1, 0.15) is 17.3 Å². The number of sulfonamides is 1. The van der Waals surface area contributed by atoms with Crippen molar-refractivity contribution in [2.75, 3.05) is 0 Å². The van der Waals surface area contributed by atoms with Crippen LogP contribution in [0.1, 0.15) is 38.1 Å². The summed E-state index contributed by atoms with van der Waals surface area (Å²) in [5.74, 6) is 2.05. The van der Waals surface area contributed by atoms with Crippen LogP contribution in [-0.2, 0) is 23.0 Å². The molecule has 0 bridgehead atoms. The molecule has 0 amide bonds. The molecule has 116 valence electrons. The molecule has 0 aliphatic carbocycles. The average molecular weight is 311 g/mol. The minimum absolute atomic E-state index is 0.122. The van der Waals surface area contributed by atoms with Gasteiger partial charge >= 0.3 is 0 Å². The first-order valence-corrected chi connectivity index (χ1v) is 8.39. The van der Waals surface area contributed by atoms with Gasteiger partial charge in [-0.15, -0.1) is 0 Å². The van der Waals surface area contributed by atoms with E-state index in [-0.39, 0.29) is 17.6 Å². The monoisotopic (exact) mass is 311 g/mol. The molecule has 1 N–H and O–H groups in total. The third-order valence-electron chi connectivity index (χ3n) is 3.21. The maximum absolute atomic E-state index is 12.7. The van der Waals surface area contributed by atoms with E-state index in [0.717, 1.165) is 5.76 Å². The Morgan fingerprint density at radius 1 is 1.38 bits per heavy atom. The highest BCUT2D eigenvalue weighted by Crippen LogP contribution is 2.20. The van der Waals surface area contributed by atoms with Crippen LogP contribution < -0.4 is 0 Å². The number of aromatic amines is 1. The van der Waals surface area contributed by atoms with E-state index in [0.29, 0.717) is 18.0 Å². The molecule has 0 aliphatic rings. The zero-order valence-corrected chi connectivity index (χ0v) is 13.6. The molecule has 2 heterocycles. The zero-order valence-electron chi connectivity index (χ0n) is 12.8. The van der Waals surface area contributed by atoms with Gasteiger partial charge in [-0.2, -0.15) is 4.31 Å². The largest absolute Gasteiger partial charge is 0.465 e. The van der Waals surface area contributed by atoms with Crippen molar-refractivity contribution in [3.63, 3.8) is 0 Å². The molecule has 0 atom stereocenters. The van der Waals surface area contributed by atoms with Crippen LogP contribution >= 0.6 is 0 Å². The van der Waals surface area contributed by atoms with Gasteiger partial charge in [0.25, 0.3) is 10.0 Å². The fourth-order valence-electron chi connectivity index (χ4n) is 2.05. The summed E-state index contributed by atoms with van der Waals surface area (Å²) in [7, 11) is -3.62. The Bertz CT molecular complexity index is 701. The summed E-state index contributed by atoms with van der Waals surface area (Å²) in [6, 6.07) is 3.44. The van der Waals surface area contributed by atoms with Gasteiger partial charge in [-0.05, 0) is 32.9 Å². The second-order valence-corrected chi connectivity index (χ2v) is 7.06. The Kier molecular flexibility index (Phi) is 4.53. The highest BCUT2D eigenvalue weighted by atomic mass is 32.2. The van der Waals surface area contributed by atoms with Gasteiger partial charge in [-0.1, -0.05) is 6.92 Å². The summed E-state index contributed by atoms with van der Waals surface area (Å²) >= 11 is 0. The van der Waals surface area contributed by atoms with E-state index in [1.54, 1.807) is 6.07 Å². The van der Waals surface area contributed by atoms with Crippen molar-refractivity contribution in [2.45, 2.75) is 51.7 Å². The lowest BCUT2D eigenvalue weighted by molar-refractivity contribution is 0.313. The lowest BCUT2D eigenvalue weighted by Gasteiger charge is -2.24. The summed E-state index contributed by atoms with van der Waals surface area (Å²) in [6.07, 6.45) is 2.03. The maximum Gasteiger partial charge on any atom is 0.260 e. The van der Waals surface area contributed by atoms with E-state index in [2.05, 4.69) is 9.97 Å². The van der Waals surface area contributed by atoms with Gasteiger partial charge < -0.3 is 9.40 Å². The predicted molar refractivity (Wildman–Crippen MR) is 79.3 cm³/mol. The molecule has 21 heavy (non-hydrogen) atoms. The van der Waals surface area contributed by atoms with Gasteiger partial charge in [0.2, 0.25) is 0 Å². The first-order valence-electron chi connectivity index (χ1n) is 6.95. The Morgan fingerprint density at radius 2 is 2.10 bits per heavy atom. The third kappa shape index (κ3) is 3.36. The Hall–Kier alpha value is -1.60. The van der Waals surface area contributed by atoms with Crippen LogP contribution in [0.15, 0.2) is 27.8 Å². The normalized spacial score (nSPS) is 12.5. The van der Waals surface area contributed by atoms with Crippen LogP contribution in [0.25, 0.3) is 0 Å². The molecule has 7 heteroatoms. The van der Waals surface area contributed by atoms with Crippen molar-refractivity contribution in [1.82, 2.24) is 14.3 Å². The molecule has 2 rings (SSSR count). The molecule has 0 spiro atoms. The van der Waals surface area contributed by atoms with Gasteiger partial charge in [-0.25, -0.2) is 13.4 Å². The van der Waals surface area contributed by atoms with Gasteiger partial charge in [0, 0.05) is 12.5 Å². The van der Waals surface area contributed by atoms with E-state index in [9.17, 15) is 8.42 Å². The molecule has 0 radical (unpaired) electrons. The van der Waals surface area contributed by atoms with Crippen LogP contribution in [-0.4, -0.2) is 28.7 Å². The van der Waals surface area contributed by atoms with Crippen molar-refractivity contribution in [2.24, 2.45) is 0 Å². The van der Waals surface area contributed by atoms with Crippen LogP contribution in [0, 0.1) is 6.92 Å². The molecule has 0 aliphatic heterocycles. The highest BCUT2D eigenvalue weighted by Gasteiger charge is 2.29. The molecule has 0 aromatic carbocycles. The number of imidazole rings is 1. The topological polar surface area (TPSA) is 79.2 Å². The first-order chi connectivity index (χ1) is 9.84. The number of nitrogens with one attached hydrogen (secondary N) is 1. The number of rotatable bonds is 6. The molecule has 6 nitrogen and oxygen atoms in total. The number of furan rings is 1. The van der Waals surface area contributed by atoms with Crippen LogP contribution in [0.3, 0.4) is 0 Å². The number of H-pyrrole nitrogens is 1. The molecule has 2 aromatic rings. The molecular formula is C14H21N3O3S. The van der Waals surface area contributed by atoms with Gasteiger partial charge in [0.05, 0.1) is 12.7 Å². The number of aromatic nitrogens is 2. The fourth-order valence-corrected chi connectivity index (χ4v) is 3.59. The minimum Gasteiger partial charge on any atom is -0.465 e. The summed E-state index contributed by atoms with van der Waals surface area (Å²) < 4.78 is 32.3. The van der Waals surface area contributed by atoms with Gasteiger partial charge in [0.15, 0.2) is 5.03 Å². The van der Waals surface area contributed by atoms with Gasteiger partial charge in [-0.3, -0.25) is 0 Å². The lowest BCUT2D eigenvalue weighted by Crippen LogP contribution is -2.36. The Balaban J connectivity index is 2.32. The van der Waals surface area contributed by atoms with Crippen molar-refractivity contribution in [3.8, 4) is 0 Å². The van der Waals surface area contributed by atoms with E-state index >= 15 is 0 Å². The van der Waals surface area contributed by atoms with E-state index in [1.165, 1.54) is 10.5 Å². The Labute approximate surface area is 125 Å². The van der Waals surface area contributed by atoms with Crippen LogP contribution in [0.5, 0.6) is 0 Å². The second-order valence-electron chi connectivity index (χ2n) is 5.20. The van der Waals surface area contributed by atoms with Crippen LogP contribution in [0.4, 0.5) is 0 Å². The SMILES string of the molecule is CCc1ncc(S(=O)(=O)N(Cc2ccc(C)o2)C(C)C)[nH]1. The van der Waals surface area contributed by atoms with Crippen molar-refractivity contribution < 1.29 is 12.8 Å². The summed E-state index contributed by atoms with van der Waals surface area (Å²) in [4.78, 5) is 6.93.